The molecule has 3 atom stereocenters. The smallest absolute Gasteiger partial charge is 0.407 e. The zero-order chi connectivity index (χ0) is 12.3. The Morgan fingerprint density at radius 2 is 2.00 bits per heavy atom. The van der Waals surface area contributed by atoms with Crippen molar-refractivity contribution in [2.24, 2.45) is 11.8 Å². The molecule has 1 amide bonds. The van der Waals surface area contributed by atoms with Gasteiger partial charge >= 0.3 is 6.09 Å². The molecular formula is C12H21NO3. The van der Waals surface area contributed by atoms with Gasteiger partial charge in [-0.15, -0.1) is 0 Å². The summed E-state index contributed by atoms with van der Waals surface area (Å²) in [6.07, 6.45) is 2.17. The van der Waals surface area contributed by atoms with E-state index < -0.39 is 11.7 Å². The Labute approximate surface area is 96.7 Å². The molecule has 0 aromatic heterocycles. The molecular weight excluding hydrogens is 206 g/mol. The fraction of sp³-hybridized carbons (Fsp3) is 0.833. The van der Waals surface area contributed by atoms with Crippen molar-refractivity contribution >= 4 is 12.4 Å². The molecule has 1 aliphatic carbocycles. The number of hydrogen-bond donors (Lipinski definition) is 1. The Kier molecular flexibility index (Phi) is 3.94. The number of carbonyl (C=O) groups excluding carboxylic acids is 2. The first kappa shape index (κ1) is 13.0. The van der Waals surface area contributed by atoms with Crippen LogP contribution >= 0.6 is 0 Å². The summed E-state index contributed by atoms with van der Waals surface area (Å²) in [6, 6.07) is 0.0695. The lowest BCUT2D eigenvalue weighted by Crippen LogP contribution is -2.38. The first-order valence-electron chi connectivity index (χ1n) is 5.76. The summed E-state index contributed by atoms with van der Waals surface area (Å²) >= 11 is 0. The number of amides is 1. The van der Waals surface area contributed by atoms with Gasteiger partial charge in [-0.3, -0.25) is 0 Å². The van der Waals surface area contributed by atoms with Gasteiger partial charge in [0, 0.05) is 12.0 Å². The Morgan fingerprint density at radius 3 is 2.44 bits per heavy atom. The van der Waals surface area contributed by atoms with Gasteiger partial charge in [0.25, 0.3) is 0 Å². The molecule has 1 N–H and O–H groups in total. The number of rotatable bonds is 2. The number of aldehydes is 1. The number of alkyl carbamates (subject to hydrolysis) is 1. The Balaban J connectivity index is 2.39. The SMILES string of the molecule is C[C@H]1C[C@H](NC(=O)OC(C)(C)C)C[C@@H]1C=O. The largest absolute Gasteiger partial charge is 0.444 e. The molecule has 0 saturated heterocycles. The summed E-state index contributed by atoms with van der Waals surface area (Å²) in [5.74, 6) is 0.414. The second-order valence-electron chi connectivity index (χ2n) is 5.59. The van der Waals surface area contributed by atoms with E-state index in [1.807, 2.05) is 27.7 Å². The van der Waals surface area contributed by atoms with E-state index in [4.69, 9.17) is 4.74 Å². The van der Waals surface area contributed by atoms with Crippen LogP contribution in [0.5, 0.6) is 0 Å². The van der Waals surface area contributed by atoms with Crippen molar-refractivity contribution in [3.05, 3.63) is 0 Å². The van der Waals surface area contributed by atoms with Crippen molar-refractivity contribution in [2.45, 2.75) is 52.2 Å². The summed E-state index contributed by atoms with van der Waals surface area (Å²) in [5.41, 5.74) is -0.474. The highest BCUT2D eigenvalue weighted by molar-refractivity contribution is 5.68. The minimum Gasteiger partial charge on any atom is -0.444 e. The van der Waals surface area contributed by atoms with Crippen LogP contribution in [-0.2, 0) is 9.53 Å². The van der Waals surface area contributed by atoms with E-state index in [0.29, 0.717) is 5.92 Å². The van der Waals surface area contributed by atoms with Gasteiger partial charge < -0.3 is 14.8 Å². The standard InChI is InChI=1S/C12H21NO3/c1-8-5-10(6-9(8)7-14)13-11(15)16-12(2,3)4/h7-10H,5-6H2,1-4H3,(H,13,15)/t8-,9+,10-/m0/s1. The molecule has 0 spiro atoms. The topological polar surface area (TPSA) is 55.4 Å². The molecule has 1 saturated carbocycles. The molecule has 0 aromatic rings. The van der Waals surface area contributed by atoms with E-state index in [-0.39, 0.29) is 12.0 Å². The van der Waals surface area contributed by atoms with Crippen molar-refractivity contribution in [2.75, 3.05) is 0 Å². The van der Waals surface area contributed by atoms with Gasteiger partial charge in [0.15, 0.2) is 0 Å². The minimum atomic E-state index is -0.474. The summed E-state index contributed by atoms with van der Waals surface area (Å²) < 4.78 is 5.17. The van der Waals surface area contributed by atoms with Gasteiger partial charge in [-0.2, -0.15) is 0 Å². The summed E-state index contributed by atoms with van der Waals surface area (Å²) in [4.78, 5) is 22.2. The maximum Gasteiger partial charge on any atom is 0.407 e. The van der Waals surface area contributed by atoms with Gasteiger partial charge in [0.05, 0.1) is 0 Å². The maximum absolute atomic E-state index is 11.5. The number of ether oxygens (including phenoxy) is 1. The van der Waals surface area contributed by atoms with Crippen LogP contribution in [0.1, 0.15) is 40.5 Å². The molecule has 0 aliphatic heterocycles. The molecule has 0 unspecified atom stereocenters. The highest BCUT2D eigenvalue weighted by Gasteiger charge is 2.32. The van der Waals surface area contributed by atoms with E-state index in [0.717, 1.165) is 19.1 Å². The molecule has 0 heterocycles. The van der Waals surface area contributed by atoms with Crippen molar-refractivity contribution < 1.29 is 14.3 Å². The number of hydrogen-bond acceptors (Lipinski definition) is 3. The van der Waals surface area contributed by atoms with E-state index in [9.17, 15) is 9.59 Å². The van der Waals surface area contributed by atoms with Crippen LogP contribution < -0.4 is 5.32 Å². The van der Waals surface area contributed by atoms with Crippen molar-refractivity contribution in [1.82, 2.24) is 5.32 Å². The normalized spacial score (nSPS) is 29.9. The molecule has 0 aromatic carbocycles. The van der Waals surface area contributed by atoms with Crippen molar-refractivity contribution in [3.8, 4) is 0 Å². The molecule has 1 aliphatic rings. The summed E-state index contributed by atoms with van der Waals surface area (Å²) in [6.45, 7) is 7.53. The maximum atomic E-state index is 11.5. The fourth-order valence-electron chi connectivity index (χ4n) is 2.06. The second kappa shape index (κ2) is 4.85. The van der Waals surface area contributed by atoms with Gasteiger partial charge in [0.1, 0.15) is 11.9 Å². The zero-order valence-corrected chi connectivity index (χ0v) is 10.4. The molecule has 0 radical (unpaired) electrons. The quantitative estimate of drug-likeness (QED) is 0.735. The lowest BCUT2D eigenvalue weighted by Gasteiger charge is -2.21. The third kappa shape index (κ3) is 3.83. The summed E-state index contributed by atoms with van der Waals surface area (Å²) in [7, 11) is 0. The number of carbonyl (C=O) groups is 2. The van der Waals surface area contributed by atoms with Crippen molar-refractivity contribution in [1.29, 1.82) is 0 Å². The van der Waals surface area contributed by atoms with E-state index >= 15 is 0 Å². The van der Waals surface area contributed by atoms with Crippen LogP contribution in [0.2, 0.25) is 0 Å². The fourth-order valence-corrected chi connectivity index (χ4v) is 2.06. The lowest BCUT2D eigenvalue weighted by molar-refractivity contribution is -0.111. The predicted octanol–water partition coefficient (Wildman–Crippen LogP) is 2.12. The van der Waals surface area contributed by atoms with Crippen LogP contribution in [0.25, 0.3) is 0 Å². The van der Waals surface area contributed by atoms with Crippen LogP contribution in [0.3, 0.4) is 0 Å². The highest BCUT2D eigenvalue weighted by atomic mass is 16.6. The third-order valence-electron chi connectivity index (χ3n) is 2.84. The van der Waals surface area contributed by atoms with Crippen LogP contribution in [-0.4, -0.2) is 24.0 Å². The van der Waals surface area contributed by atoms with E-state index in [1.165, 1.54) is 0 Å². The van der Waals surface area contributed by atoms with E-state index in [2.05, 4.69) is 5.32 Å². The van der Waals surface area contributed by atoms with Gasteiger partial charge in [-0.05, 0) is 39.5 Å². The first-order chi connectivity index (χ1) is 7.31. The Morgan fingerprint density at radius 1 is 1.38 bits per heavy atom. The molecule has 92 valence electrons. The van der Waals surface area contributed by atoms with Crippen LogP contribution in [0, 0.1) is 11.8 Å². The molecule has 1 fully saturated rings. The van der Waals surface area contributed by atoms with Gasteiger partial charge in [-0.25, -0.2) is 4.79 Å². The van der Waals surface area contributed by atoms with E-state index in [1.54, 1.807) is 0 Å². The second-order valence-corrected chi connectivity index (χ2v) is 5.59. The molecule has 4 heteroatoms. The minimum absolute atomic E-state index is 0.0694. The monoisotopic (exact) mass is 227 g/mol. The molecule has 1 rings (SSSR count). The Hall–Kier alpha value is -1.06. The van der Waals surface area contributed by atoms with Gasteiger partial charge in [0.2, 0.25) is 0 Å². The lowest BCUT2D eigenvalue weighted by atomic mass is 10.0. The average Bonchev–Trinajstić information content (AvgIpc) is 2.42. The molecule has 4 nitrogen and oxygen atoms in total. The number of nitrogens with one attached hydrogen (secondary N) is 1. The summed E-state index contributed by atoms with van der Waals surface area (Å²) in [5, 5.41) is 2.81. The van der Waals surface area contributed by atoms with Crippen LogP contribution in [0.15, 0.2) is 0 Å². The van der Waals surface area contributed by atoms with Gasteiger partial charge in [-0.1, -0.05) is 6.92 Å². The highest BCUT2D eigenvalue weighted by Crippen LogP contribution is 2.30. The third-order valence-corrected chi connectivity index (χ3v) is 2.84. The zero-order valence-electron chi connectivity index (χ0n) is 10.4. The molecule has 0 bridgehead atoms. The van der Waals surface area contributed by atoms with Crippen LogP contribution in [0.4, 0.5) is 4.79 Å². The Bertz CT molecular complexity index is 270. The van der Waals surface area contributed by atoms with Crippen molar-refractivity contribution in [3.63, 3.8) is 0 Å². The predicted molar refractivity (Wildman–Crippen MR) is 61.1 cm³/mol. The first-order valence-corrected chi connectivity index (χ1v) is 5.76. The average molecular weight is 227 g/mol. The molecule has 16 heavy (non-hydrogen) atoms.